The maximum atomic E-state index is 12.5. The predicted molar refractivity (Wildman–Crippen MR) is 75.6 cm³/mol. The zero-order chi connectivity index (χ0) is 14.9. The van der Waals surface area contributed by atoms with Crippen molar-refractivity contribution in [3.63, 3.8) is 0 Å². The summed E-state index contributed by atoms with van der Waals surface area (Å²) in [6.07, 6.45) is 0.555. The molecule has 2 heterocycles. The van der Waals surface area contributed by atoms with Crippen LogP contribution in [-0.2, 0) is 4.79 Å². The van der Waals surface area contributed by atoms with E-state index in [-0.39, 0.29) is 11.9 Å². The number of carboxylic acid groups (broad SMARTS) is 1. The van der Waals surface area contributed by atoms with Crippen molar-refractivity contribution in [1.82, 2.24) is 14.7 Å². The number of rotatable bonds is 2. The Morgan fingerprint density at radius 2 is 1.65 bits per heavy atom. The van der Waals surface area contributed by atoms with Crippen molar-refractivity contribution in [3.8, 4) is 0 Å². The van der Waals surface area contributed by atoms with Crippen molar-refractivity contribution < 1.29 is 14.7 Å². The molecule has 6 heteroatoms. The molecule has 0 aromatic rings. The lowest BCUT2D eigenvalue weighted by Gasteiger charge is -2.35. The first-order valence-corrected chi connectivity index (χ1v) is 7.32. The minimum Gasteiger partial charge on any atom is -0.481 e. The third kappa shape index (κ3) is 2.61. The number of aliphatic carboxylic acids is 1. The highest BCUT2D eigenvalue weighted by Crippen LogP contribution is 2.38. The average molecular weight is 283 g/mol. The minimum atomic E-state index is -0.777. The smallest absolute Gasteiger partial charge is 0.320 e. The first kappa shape index (κ1) is 15.1. The predicted octanol–water partition coefficient (Wildman–Crippen LogP) is 0.787. The van der Waals surface area contributed by atoms with Gasteiger partial charge in [0.25, 0.3) is 0 Å². The molecule has 6 nitrogen and oxygen atoms in total. The molecule has 0 aliphatic carbocycles. The molecule has 1 unspecified atom stereocenters. The van der Waals surface area contributed by atoms with E-state index in [9.17, 15) is 14.7 Å². The van der Waals surface area contributed by atoms with E-state index in [1.54, 1.807) is 4.90 Å². The Labute approximate surface area is 120 Å². The van der Waals surface area contributed by atoms with Gasteiger partial charge < -0.3 is 19.8 Å². The van der Waals surface area contributed by atoms with E-state index < -0.39 is 11.4 Å². The first-order chi connectivity index (χ1) is 9.36. The molecule has 2 amide bonds. The van der Waals surface area contributed by atoms with Crippen LogP contribution in [0.5, 0.6) is 0 Å². The number of hydrogen-bond acceptors (Lipinski definition) is 3. The molecule has 2 fully saturated rings. The fourth-order valence-electron chi connectivity index (χ4n) is 3.09. The first-order valence-electron chi connectivity index (χ1n) is 7.32. The van der Waals surface area contributed by atoms with Gasteiger partial charge in [-0.2, -0.15) is 0 Å². The molecule has 2 rings (SSSR count). The number of urea groups is 1. The van der Waals surface area contributed by atoms with Gasteiger partial charge >= 0.3 is 12.0 Å². The number of carbonyl (C=O) groups is 2. The summed E-state index contributed by atoms with van der Waals surface area (Å²) in [6, 6.07) is 0.00174. The van der Waals surface area contributed by atoms with Gasteiger partial charge in [0, 0.05) is 39.3 Å². The fraction of sp³-hybridized carbons (Fsp3) is 0.857. The summed E-state index contributed by atoms with van der Waals surface area (Å²) < 4.78 is 0. The number of likely N-dealkylation sites (N-methyl/N-ethyl adjacent to an activating group) is 1. The quantitative estimate of drug-likeness (QED) is 0.813. The van der Waals surface area contributed by atoms with Gasteiger partial charge in [-0.15, -0.1) is 0 Å². The summed E-state index contributed by atoms with van der Waals surface area (Å²) in [7, 11) is 2.05. The molecule has 1 N–H and O–H groups in total. The second kappa shape index (κ2) is 5.60. The molecular formula is C14H25N3O3. The highest BCUT2D eigenvalue weighted by molar-refractivity contribution is 5.80. The normalized spacial score (nSPS) is 28.2. The molecule has 20 heavy (non-hydrogen) atoms. The Kier molecular flexibility index (Phi) is 4.22. The monoisotopic (exact) mass is 283 g/mol. The van der Waals surface area contributed by atoms with Crippen molar-refractivity contribution >= 4 is 12.0 Å². The van der Waals surface area contributed by atoms with Crippen LogP contribution in [-0.4, -0.2) is 78.1 Å². The van der Waals surface area contributed by atoms with Gasteiger partial charge in [0.1, 0.15) is 0 Å². The van der Waals surface area contributed by atoms with Crippen LogP contribution >= 0.6 is 0 Å². The molecule has 0 spiro atoms. The zero-order valence-corrected chi connectivity index (χ0v) is 12.6. The van der Waals surface area contributed by atoms with E-state index in [2.05, 4.69) is 4.90 Å². The summed E-state index contributed by atoms with van der Waals surface area (Å²) in [4.78, 5) is 29.8. The zero-order valence-electron chi connectivity index (χ0n) is 12.6. The minimum absolute atomic E-state index is 0.00174. The maximum absolute atomic E-state index is 12.5. The van der Waals surface area contributed by atoms with Gasteiger partial charge in [-0.3, -0.25) is 4.79 Å². The fourth-order valence-corrected chi connectivity index (χ4v) is 3.09. The second-order valence-electron chi connectivity index (χ2n) is 6.36. The molecule has 2 saturated heterocycles. The Balaban J connectivity index is 2.01. The van der Waals surface area contributed by atoms with Gasteiger partial charge in [0.15, 0.2) is 0 Å². The van der Waals surface area contributed by atoms with Gasteiger partial charge in [0.05, 0.1) is 5.41 Å². The number of amides is 2. The third-order valence-electron chi connectivity index (χ3n) is 4.88. The summed E-state index contributed by atoms with van der Waals surface area (Å²) in [5.74, 6) is -0.744. The number of carboxylic acids is 1. The van der Waals surface area contributed by atoms with Gasteiger partial charge in [0.2, 0.25) is 0 Å². The summed E-state index contributed by atoms with van der Waals surface area (Å²) in [5, 5.41) is 9.52. The Morgan fingerprint density at radius 1 is 1.05 bits per heavy atom. The summed E-state index contributed by atoms with van der Waals surface area (Å²) in [5.41, 5.74) is -0.776. The van der Waals surface area contributed by atoms with E-state index in [0.717, 1.165) is 26.2 Å². The standard InChI is InChI=1S/C14H25N3O3/c1-11(2)14(12(18)19)4-5-17(10-14)13(20)16-8-6-15(3)7-9-16/h11H,4-10H2,1-3H3,(H,18,19). The Bertz CT molecular complexity index is 391. The molecule has 0 aromatic carbocycles. The van der Waals surface area contributed by atoms with E-state index in [4.69, 9.17) is 0 Å². The van der Waals surface area contributed by atoms with E-state index in [1.165, 1.54) is 0 Å². The van der Waals surface area contributed by atoms with Crippen LogP contribution in [0.4, 0.5) is 4.79 Å². The highest BCUT2D eigenvalue weighted by atomic mass is 16.4. The second-order valence-corrected chi connectivity index (χ2v) is 6.36. The van der Waals surface area contributed by atoms with Crippen molar-refractivity contribution in [2.45, 2.75) is 20.3 Å². The third-order valence-corrected chi connectivity index (χ3v) is 4.88. The molecular weight excluding hydrogens is 258 g/mol. The molecule has 0 radical (unpaired) electrons. The summed E-state index contributed by atoms with van der Waals surface area (Å²) >= 11 is 0. The lowest BCUT2D eigenvalue weighted by molar-refractivity contribution is -0.150. The van der Waals surface area contributed by atoms with Gasteiger partial charge in [-0.05, 0) is 19.4 Å². The Morgan fingerprint density at radius 3 is 2.10 bits per heavy atom. The lowest BCUT2D eigenvalue weighted by Crippen LogP contribution is -2.52. The number of nitrogens with zero attached hydrogens (tertiary/aromatic N) is 3. The lowest BCUT2D eigenvalue weighted by atomic mass is 9.76. The molecule has 2 aliphatic heterocycles. The van der Waals surface area contributed by atoms with Crippen LogP contribution in [0.25, 0.3) is 0 Å². The van der Waals surface area contributed by atoms with E-state index >= 15 is 0 Å². The maximum Gasteiger partial charge on any atom is 0.320 e. The van der Waals surface area contributed by atoms with Crippen LogP contribution in [0.15, 0.2) is 0 Å². The number of carbonyl (C=O) groups excluding carboxylic acids is 1. The SMILES string of the molecule is CC(C)C1(C(=O)O)CCN(C(=O)N2CCN(C)CC2)C1. The molecule has 1 atom stereocenters. The van der Waals surface area contributed by atoms with Crippen LogP contribution in [0.1, 0.15) is 20.3 Å². The van der Waals surface area contributed by atoms with Gasteiger partial charge in [-0.1, -0.05) is 13.8 Å². The van der Waals surface area contributed by atoms with E-state index in [1.807, 2.05) is 25.8 Å². The van der Waals surface area contributed by atoms with E-state index in [0.29, 0.717) is 19.5 Å². The highest BCUT2D eigenvalue weighted by Gasteiger charge is 2.49. The van der Waals surface area contributed by atoms with Gasteiger partial charge in [-0.25, -0.2) is 4.79 Å². The van der Waals surface area contributed by atoms with Crippen molar-refractivity contribution in [2.24, 2.45) is 11.3 Å². The van der Waals surface area contributed by atoms with Crippen molar-refractivity contribution in [1.29, 1.82) is 0 Å². The molecule has 0 bridgehead atoms. The van der Waals surface area contributed by atoms with Crippen LogP contribution in [0.2, 0.25) is 0 Å². The molecule has 0 saturated carbocycles. The summed E-state index contributed by atoms with van der Waals surface area (Å²) in [6.45, 7) is 7.97. The Hall–Kier alpha value is -1.30. The van der Waals surface area contributed by atoms with Crippen molar-refractivity contribution in [3.05, 3.63) is 0 Å². The van der Waals surface area contributed by atoms with Crippen molar-refractivity contribution in [2.75, 3.05) is 46.3 Å². The number of hydrogen-bond donors (Lipinski definition) is 1. The van der Waals surface area contributed by atoms with Crippen LogP contribution in [0.3, 0.4) is 0 Å². The number of likely N-dealkylation sites (tertiary alicyclic amines) is 1. The van der Waals surface area contributed by atoms with Crippen LogP contribution in [0, 0.1) is 11.3 Å². The topological polar surface area (TPSA) is 64.1 Å². The largest absolute Gasteiger partial charge is 0.481 e. The molecule has 2 aliphatic rings. The number of piperazine rings is 1. The average Bonchev–Trinajstić information content (AvgIpc) is 2.85. The van der Waals surface area contributed by atoms with Crippen LogP contribution < -0.4 is 0 Å². The molecule has 0 aromatic heterocycles. The molecule has 114 valence electrons.